The lowest BCUT2D eigenvalue weighted by Gasteiger charge is -2.47. The predicted octanol–water partition coefficient (Wildman–Crippen LogP) is 9.00. The molecule has 41 heavy (non-hydrogen) atoms. The fourth-order valence-corrected chi connectivity index (χ4v) is 12.5. The Kier molecular flexibility index (Phi) is 11.8. The normalized spacial score (nSPS) is 17.0. The number of hydrogen-bond donors (Lipinski definition) is 1. The van der Waals surface area contributed by atoms with E-state index in [9.17, 15) is 14.2 Å². The number of Topliss-reactive ketones (excluding diaryl/α,β-unsaturated/α-hetero) is 1. The van der Waals surface area contributed by atoms with Gasteiger partial charge in [0, 0.05) is 19.2 Å². The Labute approximate surface area is 255 Å². The molecular formula is C31H60NO5PSi3. The van der Waals surface area contributed by atoms with Crippen molar-refractivity contribution < 1.29 is 22.8 Å². The standard InChI is InChI=1S/C31H60NO5PSi3/c1-28(2,3)39(11,12)32-31(26(33)24-25-20-18-17-19-21-25,27(34)36-40(13,14)29(4,5)6)22-23-38(10,35)37-41(15,16)30(7,8)9/h17-21,32H,22-24H2,1-16H3. The maximum atomic E-state index is 14.6. The predicted molar refractivity (Wildman–Crippen MR) is 183 cm³/mol. The van der Waals surface area contributed by atoms with Crippen LogP contribution in [0.5, 0.6) is 0 Å². The third-order valence-electron chi connectivity index (χ3n) is 9.71. The summed E-state index contributed by atoms with van der Waals surface area (Å²) >= 11 is 0. The quantitative estimate of drug-likeness (QED) is 0.139. The summed E-state index contributed by atoms with van der Waals surface area (Å²) in [5.41, 5.74) is -0.812. The van der Waals surface area contributed by atoms with Crippen LogP contribution in [0, 0.1) is 0 Å². The van der Waals surface area contributed by atoms with Gasteiger partial charge >= 0.3 is 5.97 Å². The number of benzene rings is 1. The zero-order chi connectivity index (χ0) is 32.5. The van der Waals surface area contributed by atoms with Gasteiger partial charge in [-0.25, -0.2) is 0 Å². The lowest BCUT2D eigenvalue weighted by molar-refractivity contribution is -0.148. The van der Waals surface area contributed by atoms with E-state index in [0.717, 1.165) is 5.56 Å². The van der Waals surface area contributed by atoms with Gasteiger partial charge in [-0.15, -0.1) is 0 Å². The Morgan fingerprint density at radius 3 is 1.66 bits per heavy atom. The second-order valence-corrected chi connectivity index (χ2v) is 33.9. The summed E-state index contributed by atoms with van der Waals surface area (Å²) in [6.07, 6.45) is 0.238. The van der Waals surface area contributed by atoms with Crippen molar-refractivity contribution in [1.29, 1.82) is 0 Å². The van der Waals surface area contributed by atoms with Gasteiger partial charge in [-0.1, -0.05) is 106 Å². The molecule has 1 N–H and O–H groups in total. The number of nitrogens with one attached hydrogen (secondary N) is 1. The van der Waals surface area contributed by atoms with Crippen LogP contribution in [0.15, 0.2) is 30.3 Å². The molecular weight excluding hydrogens is 582 g/mol. The molecule has 0 aliphatic rings. The van der Waals surface area contributed by atoms with E-state index in [1.807, 2.05) is 43.4 Å². The fraction of sp³-hybridized carbons (Fsp3) is 0.742. The molecule has 0 amide bonds. The van der Waals surface area contributed by atoms with E-state index >= 15 is 0 Å². The van der Waals surface area contributed by atoms with Crippen molar-refractivity contribution in [2.24, 2.45) is 0 Å². The molecule has 6 nitrogen and oxygen atoms in total. The first-order valence-corrected chi connectivity index (χ1v) is 25.9. The number of hydrogen-bond acceptors (Lipinski definition) is 6. The van der Waals surface area contributed by atoms with Gasteiger partial charge in [0.25, 0.3) is 8.32 Å². The van der Waals surface area contributed by atoms with Crippen LogP contribution >= 0.6 is 7.37 Å². The highest BCUT2D eigenvalue weighted by Crippen LogP contribution is 2.53. The monoisotopic (exact) mass is 641 g/mol. The Hall–Kier alpha value is -0.839. The van der Waals surface area contributed by atoms with Crippen LogP contribution < -0.4 is 4.98 Å². The Bertz CT molecular complexity index is 1120. The van der Waals surface area contributed by atoms with Crippen LogP contribution in [0.2, 0.25) is 54.4 Å². The minimum Gasteiger partial charge on any atom is -0.517 e. The molecule has 1 rings (SSSR count). The molecule has 1 aromatic carbocycles. The van der Waals surface area contributed by atoms with Crippen molar-refractivity contribution in [1.82, 2.24) is 4.98 Å². The summed E-state index contributed by atoms with van der Waals surface area (Å²) in [5, 5.41) is -0.533. The Morgan fingerprint density at radius 2 is 1.24 bits per heavy atom. The molecule has 2 atom stereocenters. The molecule has 0 saturated carbocycles. The van der Waals surface area contributed by atoms with Crippen molar-refractivity contribution in [2.45, 2.75) is 135 Å². The number of ketones is 1. The highest BCUT2D eigenvalue weighted by Gasteiger charge is 2.55. The zero-order valence-corrected chi connectivity index (χ0v) is 32.9. The SMILES string of the molecule is CC(C)(C)[Si](C)(C)NC(CCP(C)(=O)O[Si](C)(C)C(C)(C)C)(C(=O)Cc1ccccc1)C(=O)O[Si](C)(C)C(C)(C)C. The molecule has 1 aromatic rings. The van der Waals surface area contributed by atoms with E-state index in [1.165, 1.54) is 0 Å². The first-order valence-electron chi connectivity index (χ1n) is 14.9. The number of carbonyl (C=O) groups excluding carboxylic acids is 2. The summed E-state index contributed by atoms with van der Waals surface area (Å²) in [5.74, 6) is -0.785. The van der Waals surface area contributed by atoms with Gasteiger partial charge in [-0.3, -0.25) is 14.2 Å². The molecule has 0 spiro atoms. The highest BCUT2D eigenvalue weighted by atomic mass is 31.2. The number of carbonyl (C=O) groups is 2. The molecule has 0 radical (unpaired) electrons. The van der Waals surface area contributed by atoms with Crippen molar-refractivity contribution in [3.05, 3.63) is 35.9 Å². The van der Waals surface area contributed by atoms with Gasteiger partial charge in [0.15, 0.2) is 18.7 Å². The van der Waals surface area contributed by atoms with Crippen molar-refractivity contribution in [3.63, 3.8) is 0 Å². The summed E-state index contributed by atoms with van der Waals surface area (Å²) in [7, 11) is -10.6. The van der Waals surface area contributed by atoms with Crippen LogP contribution in [0.3, 0.4) is 0 Å². The first kappa shape index (κ1) is 38.2. The van der Waals surface area contributed by atoms with Crippen LogP contribution in [0.4, 0.5) is 0 Å². The van der Waals surface area contributed by atoms with E-state index in [0.29, 0.717) is 0 Å². The van der Waals surface area contributed by atoms with Gasteiger partial charge in [0.2, 0.25) is 8.32 Å². The Morgan fingerprint density at radius 1 is 0.780 bits per heavy atom. The third kappa shape index (κ3) is 9.83. The lowest BCUT2D eigenvalue weighted by Crippen LogP contribution is -2.71. The van der Waals surface area contributed by atoms with Crippen molar-refractivity contribution in [2.75, 3.05) is 12.8 Å². The molecule has 10 heteroatoms. The summed E-state index contributed by atoms with van der Waals surface area (Å²) in [6, 6.07) is 9.50. The molecule has 0 fully saturated rings. The summed E-state index contributed by atoms with van der Waals surface area (Å²) in [6.45, 7) is 33.2. The van der Waals surface area contributed by atoms with Crippen LogP contribution in [0.25, 0.3) is 0 Å². The maximum absolute atomic E-state index is 14.6. The summed E-state index contributed by atoms with van der Waals surface area (Å²) < 4.78 is 26.9. The van der Waals surface area contributed by atoms with Crippen LogP contribution in [-0.2, 0) is 29.2 Å². The third-order valence-corrected chi connectivity index (χ3v) is 26.8. The first-order chi connectivity index (χ1) is 18.0. The van der Waals surface area contributed by atoms with Crippen LogP contribution in [0.1, 0.15) is 74.3 Å². The van der Waals surface area contributed by atoms with Gasteiger partial charge in [-0.05, 0) is 53.3 Å². The average molecular weight is 642 g/mol. The fourth-order valence-electron chi connectivity index (χ4n) is 3.70. The molecule has 0 heterocycles. The average Bonchev–Trinajstić information content (AvgIpc) is 2.73. The number of rotatable bonds is 12. The van der Waals surface area contributed by atoms with Crippen molar-refractivity contribution >= 4 is 44.0 Å². The molecule has 0 aliphatic carbocycles. The largest absolute Gasteiger partial charge is 0.517 e. The van der Waals surface area contributed by atoms with Crippen LogP contribution in [-0.4, -0.2) is 55.0 Å². The van der Waals surface area contributed by atoms with Gasteiger partial charge < -0.3 is 13.6 Å². The molecule has 0 aliphatic heterocycles. The van der Waals surface area contributed by atoms with E-state index in [4.69, 9.17) is 8.64 Å². The lowest BCUT2D eigenvalue weighted by atomic mass is 9.88. The minimum atomic E-state index is -3.17. The molecule has 2 unspecified atom stereocenters. The topological polar surface area (TPSA) is 81.7 Å². The molecule has 0 saturated heterocycles. The van der Waals surface area contributed by atoms with Crippen molar-refractivity contribution in [3.8, 4) is 0 Å². The molecule has 236 valence electrons. The smallest absolute Gasteiger partial charge is 0.320 e. The van der Waals surface area contributed by atoms with Gasteiger partial charge in [-0.2, -0.15) is 0 Å². The maximum Gasteiger partial charge on any atom is 0.320 e. The zero-order valence-electron chi connectivity index (χ0n) is 29.0. The second kappa shape index (κ2) is 12.6. The highest BCUT2D eigenvalue weighted by molar-refractivity contribution is 7.59. The van der Waals surface area contributed by atoms with Gasteiger partial charge in [0.1, 0.15) is 8.24 Å². The van der Waals surface area contributed by atoms with Gasteiger partial charge in [0.05, 0.1) is 0 Å². The Balaban J connectivity index is 3.79. The molecule has 0 aromatic heterocycles. The van der Waals surface area contributed by atoms with E-state index < -0.39 is 43.7 Å². The second-order valence-electron chi connectivity index (χ2n) is 16.5. The minimum absolute atomic E-state index is 0.0566. The summed E-state index contributed by atoms with van der Waals surface area (Å²) in [4.78, 5) is 32.8. The van der Waals surface area contributed by atoms with E-state index in [1.54, 1.807) is 6.66 Å². The van der Waals surface area contributed by atoms with E-state index in [-0.39, 0.29) is 39.9 Å². The molecule has 0 bridgehead atoms. The van der Waals surface area contributed by atoms with E-state index in [2.05, 4.69) is 93.5 Å².